The first-order valence-corrected chi connectivity index (χ1v) is 6.09. The highest BCUT2D eigenvalue weighted by Gasteiger charge is 2.09. The van der Waals surface area contributed by atoms with Gasteiger partial charge in [0.2, 0.25) is 0 Å². The fourth-order valence-corrected chi connectivity index (χ4v) is 2.05. The predicted octanol–water partition coefficient (Wildman–Crippen LogP) is 2.01. The number of nitro benzene ring substituents is 1. The monoisotopic (exact) mass is 301 g/mol. The number of rotatable bonds is 6. The molecule has 0 fully saturated rings. The van der Waals surface area contributed by atoms with Gasteiger partial charge in [0.15, 0.2) is 0 Å². The molecule has 6 heteroatoms. The summed E-state index contributed by atoms with van der Waals surface area (Å²) in [6.45, 7) is 2.49. The van der Waals surface area contributed by atoms with Crippen molar-refractivity contribution in [2.75, 3.05) is 27.2 Å². The van der Waals surface area contributed by atoms with Crippen LogP contribution in [0.5, 0.6) is 0 Å². The van der Waals surface area contributed by atoms with Gasteiger partial charge in [0.1, 0.15) is 0 Å². The smallest absolute Gasteiger partial charge is 0.270 e. The van der Waals surface area contributed by atoms with Crippen LogP contribution in [-0.2, 0) is 6.54 Å². The van der Waals surface area contributed by atoms with E-state index in [2.05, 4.69) is 26.1 Å². The van der Waals surface area contributed by atoms with Crippen molar-refractivity contribution in [3.8, 4) is 0 Å². The lowest BCUT2D eigenvalue weighted by molar-refractivity contribution is -0.385. The molecule has 0 radical (unpaired) electrons. The van der Waals surface area contributed by atoms with Crippen LogP contribution in [0.15, 0.2) is 22.7 Å². The second-order valence-corrected chi connectivity index (χ2v) is 4.83. The third-order valence-corrected chi connectivity index (χ3v) is 2.81. The minimum atomic E-state index is -0.373. The molecule has 0 aliphatic carbocycles. The number of nitrogens with one attached hydrogen (secondary N) is 1. The average molecular weight is 302 g/mol. The third kappa shape index (κ3) is 4.80. The summed E-state index contributed by atoms with van der Waals surface area (Å²) in [5.74, 6) is 0. The summed E-state index contributed by atoms with van der Waals surface area (Å²) >= 11 is 3.29. The highest BCUT2D eigenvalue weighted by molar-refractivity contribution is 9.10. The molecule has 0 atom stereocenters. The van der Waals surface area contributed by atoms with E-state index in [0.29, 0.717) is 6.54 Å². The highest BCUT2D eigenvalue weighted by Crippen LogP contribution is 2.21. The molecular formula is C11H16BrN3O2. The Morgan fingerprint density at radius 3 is 2.76 bits per heavy atom. The first-order valence-electron chi connectivity index (χ1n) is 5.30. The van der Waals surface area contributed by atoms with Gasteiger partial charge in [-0.1, -0.05) is 15.9 Å². The summed E-state index contributed by atoms with van der Waals surface area (Å²) < 4.78 is 0.740. The minimum absolute atomic E-state index is 0.122. The van der Waals surface area contributed by atoms with Crippen LogP contribution in [0, 0.1) is 10.1 Å². The van der Waals surface area contributed by atoms with Gasteiger partial charge >= 0.3 is 0 Å². The lowest BCUT2D eigenvalue weighted by Gasteiger charge is -2.16. The fraction of sp³-hybridized carbons (Fsp3) is 0.455. The zero-order valence-corrected chi connectivity index (χ0v) is 11.5. The first kappa shape index (κ1) is 14.1. The molecule has 0 saturated carbocycles. The van der Waals surface area contributed by atoms with E-state index in [4.69, 9.17) is 0 Å². The Balaban J connectivity index is 2.73. The summed E-state index contributed by atoms with van der Waals surface area (Å²) in [6.07, 6.45) is 0. The van der Waals surface area contributed by atoms with Crippen LogP contribution < -0.4 is 5.32 Å². The molecule has 0 saturated heterocycles. The molecule has 17 heavy (non-hydrogen) atoms. The maximum atomic E-state index is 10.7. The Morgan fingerprint density at radius 1 is 1.47 bits per heavy atom. The molecule has 0 aliphatic rings. The average Bonchev–Trinajstić information content (AvgIpc) is 2.25. The molecule has 0 aromatic heterocycles. The largest absolute Gasteiger partial charge is 0.318 e. The standard InChI is InChI=1S/C11H16BrN3O2/c1-13-3-4-14(2)8-9-5-10(12)7-11(6-9)15(16)17/h5-7,13H,3-4,8H2,1-2H3. The van der Waals surface area contributed by atoms with Crippen LogP contribution in [0.2, 0.25) is 0 Å². The van der Waals surface area contributed by atoms with E-state index in [9.17, 15) is 10.1 Å². The van der Waals surface area contributed by atoms with E-state index < -0.39 is 0 Å². The Morgan fingerprint density at radius 2 is 2.18 bits per heavy atom. The number of likely N-dealkylation sites (N-methyl/N-ethyl adjacent to an activating group) is 2. The van der Waals surface area contributed by atoms with Crippen molar-refractivity contribution in [3.05, 3.63) is 38.3 Å². The van der Waals surface area contributed by atoms with Crippen LogP contribution in [0.25, 0.3) is 0 Å². The maximum Gasteiger partial charge on any atom is 0.270 e. The molecule has 0 heterocycles. The lowest BCUT2D eigenvalue weighted by atomic mass is 10.2. The third-order valence-electron chi connectivity index (χ3n) is 2.35. The van der Waals surface area contributed by atoms with Gasteiger partial charge in [-0.2, -0.15) is 0 Å². The van der Waals surface area contributed by atoms with Crippen LogP contribution in [0.4, 0.5) is 5.69 Å². The number of non-ortho nitro benzene ring substituents is 1. The molecule has 0 amide bonds. The van der Waals surface area contributed by atoms with Gasteiger partial charge in [-0.3, -0.25) is 10.1 Å². The number of hydrogen-bond donors (Lipinski definition) is 1. The topological polar surface area (TPSA) is 58.4 Å². The second-order valence-electron chi connectivity index (χ2n) is 3.92. The van der Waals surface area contributed by atoms with Crippen molar-refractivity contribution < 1.29 is 4.92 Å². The molecule has 1 rings (SSSR count). The van der Waals surface area contributed by atoms with Gasteiger partial charge in [0.05, 0.1) is 4.92 Å². The number of nitro groups is 1. The molecule has 1 N–H and O–H groups in total. The summed E-state index contributed by atoms with van der Waals surface area (Å²) in [7, 11) is 3.89. The van der Waals surface area contributed by atoms with Crippen molar-refractivity contribution in [1.82, 2.24) is 10.2 Å². The van der Waals surface area contributed by atoms with Gasteiger partial charge in [-0.05, 0) is 25.7 Å². The van der Waals surface area contributed by atoms with Gasteiger partial charge in [0, 0.05) is 36.2 Å². The molecule has 1 aromatic rings. The summed E-state index contributed by atoms with van der Waals surface area (Å²) in [5, 5.41) is 13.8. The molecule has 0 spiro atoms. The van der Waals surface area contributed by atoms with Crippen molar-refractivity contribution in [2.45, 2.75) is 6.54 Å². The molecule has 0 unspecified atom stereocenters. The molecule has 1 aromatic carbocycles. The number of halogens is 1. The number of benzene rings is 1. The van der Waals surface area contributed by atoms with E-state index in [1.807, 2.05) is 20.2 Å². The van der Waals surface area contributed by atoms with Gasteiger partial charge in [0.25, 0.3) is 5.69 Å². The van der Waals surface area contributed by atoms with Gasteiger partial charge in [-0.15, -0.1) is 0 Å². The van der Waals surface area contributed by atoms with Crippen LogP contribution >= 0.6 is 15.9 Å². The van der Waals surface area contributed by atoms with E-state index in [-0.39, 0.29) is 10.6 Å². The van der Waals surface area contributed by atoms with E-state index in [1.54, 1.807) is 6.07 Å². The van der Waals surface area contributed by atoms with Crippen LogP contribution in [-0.4, -0.2) is 37.0 Å². The Hall–Kier alpha value is -0.980. The molecule has 94 valence electrons. The first-order chi connectivity index (χ1) is 8.02. The number of nitrogens with zero attached hydrogens (tertiary/aromatic N) is 2. The Kier molecular flexibility index (Phi) is 5.54. The van der Waals surface area contributed by atoms with Crippen molar-refractivity contribution >= 4 is 21.6 Å². The minimum Gasteiger partial charge on any atom is -0.318 e. The van der Waals surface area contributed by atoms with Crippen molar-refractivity contribution in [1.29, 1.82) is 0 Å². The quantitative estimate of drug-likeness (QED) is 0.645. The van der Waals surface area contributed by atoms with E-state index >= 15 is 0 Å². The number of hydrogen-bond acceptors (Lipinski definition) is 4. The van der Waals surface area contributed by atoms with Crippen molar-refractivity contribution in [3.63, 3.8) is 0 Å². The predicted molar refractivity (Wildman–Crippen MR) is 71.1 cm³/mol. The summed E-state index contributed by atoms with van der Waals surface area (Å²) in [4.78, 5) is 12.5. The van der Waals surface area contributed by atoms with Gasteiger partial charge in [-0.25, -0.2) is 0 Å². The highest BCUT2D eigenvalue weighted by atomic mass is 79.9. The Bertz CT molecular complexity index is 398. The molecule has 0 bridgehead atoms. The zero-order chi connectivity index (χ0) is 12.8. The fourth-order valence-electron chi connectivity index (χ4n) is 1.52. The molecule has 0 aliphatic heterocycles. The zero-order valence-electron chi connectivity index (χ0n) is 9.94. The second kappa shape index (κ2) is 6.68. The Labute approximate surface area is 109 Å². The maximum absolute atomic E-state index is 10.7. The van der Waals surface area contributed by atoms with E-state index in [1.165, 1.54) is 6.07 Å². The summed E-state index contributed by atoms with van der Waals surface area (Å²) in [5.41, 5.74) is 1.06. The summed E-state index contributed by atoms with van der Waals surface area (Å²) in [6, 6.07) is 5.03. The lowest BCUT2D eigenvalue weighted by Crippen LogP contribution is -2.26. The molecule has 5 nitrogen and oxygen atoms in total. The normalized spacial score (nSPS) is 10.8. The van der Waals surface area contributed by atoms with Gasteiger partial charge < -0.3 is 10.2 Å². The van der Waals surface area contributed by atoms with Crippen molar-refractivity contribution in [2.24, 2.45) is 0 Å². The SMILES string of the molecule is CNCCN(C)Cc1cc(Br)cc([N+](=O)[O-])c1. The van der Waals surface area contributed by atoms with Crippen LogP contribution in [0.3, 0.4) is 0 Å². The van der Waals surface area contributed by atoms with Crippen LogP contribution in [0.1, 0.15) is 5.56 Å². The molecular weight excluding hydrogens is 286 g/mol. The van der Waals surface area contributed by atoms with E-state index in [0.717, 1.165) is 23.1 Å².